The molecule has 0 spiro atoms. The van der Waals surface area contributed by atoms with Crippen LogP contribution in [0.5, 0.6) is 0 Å². The third kappa shape index (κ3) is 3.64. The fourth-order valence-corrected chi connectivity index (χ4v) is 7.13. The lowest BCUT2D eigenvalue weighted by Crippen LogP contribution is -2.30. The van der Waals surface area contributed by atoms with E-state index in [2.05, 4.69) is 5.10 Å². The summed E-state index contributed by atoms with van der Waals surface area (Å²) in [5.41, 5.74) is 3.49. The average molecular weight is 495 g/mol. The van der Waals surface area contributed by atoms with Crippen LogP contribution in [-0.4, -0.2) is 48.0 Å². The summed E-state index contributed by atoms with van der Waals surface area (Å²) in [5, 5.41) is 5.63. The van der Waals surface area contributed by atoms with Crippen LogP contribution >= 0.6 is 11.3 Å². The zero-order valence-corrected chi connectivity index (χ0v) is 21.0. The van der Waals surface area contributed by atoms with Crippen molar-refractivity contribution in [1.29, 1.82) is 0 Å². The Bertz CT molecular complexity index is 1490. The lowest BCUT2D eigenvalue weighted by atomic mass is 10.2. The maximum Gasteiger partial charge on any atom is 0.268 e. The van der Waals surface area contributed by atoms with Crippen molar-refractivity contribution < 1.29 is 13.2 Å². The molecule has 2 aromatic heterocycles. The Morgan fingerprint density at radius 3 is 2.53 bits per heavy atom. The van der Waals surface area contributed by atoms with Gasteiger partial charge in [0.25, 0.3) is 5.91 Å². The van der Waals surface area contributed by atoms with Crippen LogP contribution in [0, 0.1) is 6.92 Å². The second kappa shape index (κ2) is 8.65. The zero-order chi connectivity index (χ0) is 24.0. The van der Waals surface area contributed by atoms with Crippen molar-refractivity contribution in [1.82, 2.24) is 14.1 Å². The predicted octanol–water partition coefficient (Wildman–Crippen LogP) is 4.63. The molecule has 1 aliphatic rings. The molecule has 9 heteroatoms. The SMILES string of the molecule is CCN(CC)S(=O)(=O)c1ccc2c(c1)CCN2C(=O)c1cc2c(C)nn(-c3ccccc3)c2s1. The highest BCUT2D eigenvalue weighted by atomic mass is 32.2. The van der Waals surface area contributed by atoms with Crippen LogP contribution < -0.4 is 4.90 Å². The van der Waals surface area contributed by atoms with E-state index >= 15 is 0 Å². The molecule has 176 valence electrons. The summed E-state index contributed by atoms with van der Waals surface area (Å²) >= 11 is 1.43. The van der Waals surface area contributed by atoms with Gasteiger partial charge in [-0.15, -0.1) is 11.3 Å². The molecule has 2 aromatic carbocycles. The molecular formula is C25H26N4O3S2. The van der Waals surface area contributed by atoms with Crippen LogP contribution in [0.2, 0.25) is 0 Å². The minimum Gasteiger partial charge on any atom is -0.307 e. The molecule has 0 fully saturated rings. The van der Waals surface area contributed by atoms with Gasteiger partial charge in [0, 0.05) is 30.7 Å². The molecule has 0 aliphatic carbocycles. The molecule has 1 amide bonds. The molecule has 7 nitrogen and oxygen atoms in total. The maximum absolute atomic E-state index is 13.5. The van der Waals surface area contributed by atoms with Crippen molar-refractivity contribution in [2.24, 2.45) is 0 Å². The number of fused-ring (bicyclic) bond motifs is 2. The average Bonchev–Trinajstić information content (AvgIpc) is 3.54. The summed E-state index contributed by atoms with van der Waals surface area (Å²) in [4.78, 5) is 17.1. The van der Waals surface area contributed by atoms with Crippen LogP contribution in [0.25, 0.3) is 15.9 Å². The predicted molar refractivity (Wildman–Crippen MR) is 136 cm³/mol. The van der Waals surface area contributed by atoms with Gasteiger partial charge < -0.3 is 4.90 Å². The number of sulfonamides is 1. The maximum atomic E-state index is 13.5. The van der Waals surface area contributed by atoms with Gasteiger partial charge >= 0.3 is 0 Å². The van der Waals surface area contributed by atoms with Gasteiger partial charge in [-0.05, 0) is 55.3 Å². The highest BCUT2D eigenvalue weighted by Crippen LogP contribution is 2.35. The lowest BCUT2D eigenvalue weighted by Gasteiger charge is -2.20. The number of hydrogen-bond donors (Lipinski definition) is 0. The number of benzene rings is 2. The molecule has 34 heavy (non-hydrogen) atoms. The first-order valence-corrected chi connectivity index (χ1v) is 13.6. The molecule has 1 aliphatic heterocycles. The number of carbonyl (C=O) groups excluding carboxylic acids is 1. The molecule has 0 unspecified atom stereocenters. The van der Waals surface area contributed by atoms with Crippen molar-refractivity contribution >= 4 is 43.2 Å². The normalized spacial score (nSPS) is 13.7. The number of aromatic nitrogens is 2. The summed E-state index contributed by atoms with van der Waals surface area (Å²) in [6, 6.07) is 16.9. The summed E-state index contributed by atoms with van der Waals surface area (Å²) in [7, 11) is -3.54. The summed E-state index contributed by atoms with van der Waals surface area (Å²) in [5.74, 6) is -0.0710. The number of thiophene rings is 1. The summed E-state index contributed by atoms with van der Waals surface area (Å²) < 4.78 is 29.2. The van der Waals surface area contributed by atoms with E-state index in [-0.39, 0.29) is 10.8 Å². The summed E-state index contributed by atoms with van der Waals surface area (Å²) in [6.07, 6.45) is 0.629. The van der Waals surface area contributed by atoms with Gasteiger partial charge in [-0.2, -0.15) is 9.40 Å². The Kier molecular flexibility index (Phi) is 5.79. The molecule has 0 saturated carbocycles. The largest absolute Gasteiger partial charge is 0.307 e. The van der Waals surface area contributed by atoms with Crippen molar-refractivity contribution in [3.8, 4) is 5.69 Å². The minimum absolute atomic E-state index is 0.0710. The van der Waals surface area contributed by atoms with E-state index in [9.17, 15) is 13.2 Å². The Labute approximate surface area is 203 Å². The number of rotatable bonds is 6. The second-order valence-electron chi connectivity index (χ2n) is 8.25. The van der Waals surface area contributed by atoms with Gasteiger partial charge in [0.1, 0.15) is 4.83 Å². The highest BCUT2D eigenvalue weighted by molar-refractivity contribution is 7.89. The van der Waals surface area contributed by atoms with Crippen LogP contribution in [0.15, 0.2) is 59.5 Å². The van der Waals surface area contributed by atoms with Crippen molar-refractivity contribution in [2.75, 3.05) is 24.5 Å². The molecule has 0 radical (unpaired) electrons. The van der Waals surface area contributed by atoms with E-state index in [1.807, 2.05) is 61.9 Å². The number of para-hydroxylation sites is 1. The first-order chi connectivity index (χ1) is 16.3. The topological polar surface area (TPSA) is 75.5 Å². The first-order valence-electron chi connectivity index (χ1n) is 11.3. The van der Waals surface area contributed by atoms with Gasteiger partial charge in [0.15, 0.2) is 0 Å². The molecular weight excluding hydrogens is 468 g/mol. The lowest BCUT2D eigenvalue weighted by molar-refractivity contribution is 0.0993. The van der Waals surface area contributed by atoms with Gasteiger partial charge in [-0.25, -0.2) is 13.1 Å². The number of hydrogen-bond acceptors (Lipinski definition) is 5. The van der Waals surface area contributed by atoms with Crippen molar-refractivity contribution in [3.63, 3.8) is 0 Å². The highest BCUT2D eigenvalue weighted by Gasteiger charge is 2.30. The fraction of sp³-hybridized carbons (Fsp3) is 0.280. The van der Waals surface area contributed by atoms with E-state index in [0.29, 0.717) is 30.9 Å². The Balaban J connectivity index is 1.48. The van der Waals surface area contributed by atoms with Crippen LogP contribution in [0.3, 0.4) is 0 Å². The van der Waals surface area contributed by atoms with Crippen LogP contribution in [0.1, 0.15) is 34.8 Å². The Morgan fingerprint density at radius 2 is 1.82 bits per heavy atom. The Morgan fingerprint density at radius 1 is 1.09 bits per heavy atom. The molecule has 5 rings (SSSR count). The minimum atomic E-state index is -3.54. The Hall–Kier alpha value is -3.01. The molecule has 0 saturated heterocycles. The molecule has 4 aromatic rings. The van der Waals surface area contributed by atoms with E-state index in [4.69, 9.17) is 0 Å². The number of carbonyl (C=O) groups is 1. The standard InChI is InChI=1S/C25H26N4O3S2/c1-4-27(5-2)34(31,32)20-11-12-22-18(15-20)13-14-28(22)24(30)23-16-21-17(3)26-29(25(21)33-23)19-9-7-6-8-10-19/h6-12,15-16H,4-5,13-14H2,1-3H3. The van der Waals surface area contributed by atoms with Gasteiger partial charge in [-0.1, -0.05) is 32.0 Å². The molecule has 3 heterocycles. The summed E-state index contributed by atoms with van der Waals surface area (Å²) in [6.45, 7) is 6.99. The van der Waals surface area contributed by atoms with Crippen molar-refractivity contribution in [2.45, 2.75) is 32.1 Å². The fourth-order valence-electron chi connectivity index (χ4n) is 4.49. The van der Waals surface area contributed by atoms with E-state index in [1.54, 1.807) is 23.1 Å². The first kappa shape index (κ1) is 22.8. The smallest absolute Gasteiger partial charge is 0.268 e. The number of amides is 1. The molecule has 0 N–H and O–H groups in total. The van der Waals surface area contributed by atoms with E-state index < -0.39 is 10.0 Å². The number of anilines is 1. The van der Waals surface area contributed by atoms with E-state index in [0.717, 1.165) is 32.8 Å². The number of aryl methyl sites for hydroxylation is 1. The van der Waals surface area contributed by atoms with Crippen LogP contribution in [0.4, 0.5) is 5.69 Å². The third-order valence-corrected chi connectivity index (χ3v) is 9.44. The zero-order valence-electron chi connectivity index (χ0n) is 19.4. The van der Waals surface area contributed by atoms with Gasteiger partial charge in [0.05, 0.1) is 21.2 Å². The van der Waals surface area contributed by atoms with Crippen molar-refractivity contribution in [3.05, 3.63) is 70.7 Å². The quantitative estimate of drug-likeness (QED) is 0.392. The van der Waals surface area contributed by atoms with Gasteiger partial charge in [0.2, 0.25) is 10.0 Å². The van der Waals surface area contributed by atoms with Crippen LogP contribution in [-0.2, 0) is 16.4 Å². The van der Waals surface area contributed by atoms with Gasteiger partial charge in [-0.3, -0.25) is 4.79 Å². The third-order valence-electron chi connectivity index (χ3n) is 6.29. The second-order valence-corrected chi connectivity index (χ2v) is 11.2. The van der Waals surface area contributed by atoms with E-state index in [1.165, 1.54) is 15.6 Å². The molecule has 0 bridgehead atoms. The molecule has 0 atom stereocenters. The monoisotopic (exact) mass is 494 g/mol. The number of nitrogens with zero attached hydrogens (tertiary/aromatic N) is 4.